The predicted octanol–water partition coefficient (Wildman–Crippen LogP) is 4.91. The number of nitrogens with zero attached hydrogens (tertiary/aromatic N) is 4. The van der Waals surface area contributed by atoms with Gasteiger partial charge in [-0.2, -0.15) is 10.2 Å². The molecule has 0 aliphatic carbocycles. The van der Waals surface area contributed by atoms with Crippen LogP contribution in [0.4, 0.5) is 0 Å². The summed E-state index contributed by atoms with van der Waals surface area (Å²) in [6, 6.07) is 18.9. The lowest BCUT2D eigenvalue weighted by Gasteiger charge is -2.07. The summed E-state index contributed by atoms with van der Waals surface area (Å²) in [7, 11) is 0. The maximum atomic E-state index is 4.51. The van der Waals surface area contributed by atoms with E-state index in [1.807, 2.05) is 58.3 Å². The van der Waals surface area contributed by atoms with E-state index in [2.05, 4.69) is 54.5 Å². The minimum Gasteiger partial charge on any atom is -0.268 e. The molecule has 2 heterocycles. The maximum absolute atomic E-state index is 4.51. The Morgan fingerprint density at radius 2 is 1.50 bits per heavy atom. The van der Waals surface area contributed by atoms with Crippen molar-refractivity contribution in [1.29, 1.82) is 0 Å². The van der Waals surface area contributed by atoms with Gasteiger partial charge in [0, 0.05) is 23.5 Å². The molecule has 0 saturated carbocycles. The third-order valence-electron chi connectivity index (χ3n) is 4.56. The van der Waals surface area contributed by atoms with Crippen LogP contribution in [0.5, 0.6) is 0 Å². The summed E-state index contributed by atoms with van der Waals surface area (Å²) < 4.78 is 3.86. The molecule has 2 aromatic carbocycles. The highest BCUT2D eigenvalue weighted by Gasteiger charge is 2.07. The van der Waals surface area contributed by atoms with Crippen molar-refractivity contribution in [3.8, 4) is 16.8 Å². The standard InChI is InChI=1S/C22H22N4/c1-17(2)19-10-8-18(9-11-19)14-25-15-20(12-23-25)21-13-24-26(16-21)22-6-4-3-5-7-22/h3-13,15-17H,14H2,1-2H3. The summed E-state index contributed by atoms with van der Waals surface area (Å²) in [5.41, 5.74) is 5.81. The van der Waals surface area contributed by atoms with Crippen molar-refractivity contribution in [2.24, 2.45) is 0 Å². The molecule has 0 unspecified atom stereocenters. The topological polar surface area (TPSA) is 35.6 Å². The lowest BCUT2D eigenvalue weighted by molar-refractivity contribution is 0.686. The van der Waals surface area contributed by atoms with E-state index in [9.17, 15) is 0 Å². The third-order valence-corrected chi connectivity index (χ3v) is 4.56. The largest absolute Gasteiger partial charge is 0.268 e. The summed E-state index contributed by atoms with van der Waals surface area (Å²) in [5, 5.41) is 8.97. The zero-order valence-corrected chi connectivity index (χ0v) is 15.1. The SMILES string of the molecule is CC(C)c1ccc(Cn2cc(-c3cnn(-c4ccccc4)c3)cn2)cc1. The Balaban J connectivity index is 1.50. The van der Waals surface area contributed by atoms with Crippen LogP contribution in [0.1, 0.15) is 30.9 Å². The molecule has 0 spiro atoms. The normalized spacial score (nSPS) is 11.2. The maximum Gasteiger partial charge on any atom is 0.0659 e. The molecular weight excluding hydrogens is 320 g/mol. The highest BCUT2D eigenvalue weighted by atomic mass is 15.3. The minimum atomic E-state index is 0.557. The van der Waals surface area contributed by atoms with Gasteiger partial charge < -0.3 is 0 Å². The Kier molecular flexibility index (Phi) is 4.40. The van der Waals surface area contributed by atoms with E-state index in [0.29, 0.717) is 5.92 Å². The first-order valence-corrected chi connectivity index (χ1v) is 8.91. The molecule has 4 rings (SSSR count). The van der Waals surface area contributed by atoms with E-state index in [1.54, 1.807) is 0 Å². The Hall–Kier alpha value is -3.14. The highest BCUT2D eigenvalue weighted by molar-refractivity contribution is 5.60. The van der Waals surface area contributed by atoms with Crippen LogP contribution in [0.25, 0.3) is 16.8 Å². The van der Waals surface area contributed by atoms with Crippen LogP contribution in [0, 0.1) is 0 Å². The molecule has 2 aromatic heterocycles. The number of aromatic nitrogens is 4. The molecular formula is C22H22N4. The molecule has 4 heteroatoms. The van der Waals surface area contributed by atoms with Gasteiger partial charge in [0.25, 0.3) is 0 Å². The first-order valence-electron chi connectivity index (χ1n) is 8.91. The van der Waals surface area contributed by atoms with Crippen molar-refractivity contribution in [2.75, 3.05) is 0 Å². The Labute approximate surface area is 153 Å². The van der Waals surface area contributed by atoms with Gasteiger partial charge in [-0.15, -0.1) is 0 Å². The number of benzene rings is 2. The van der Waals surface area contributed by atoms with Gasteiger partial charge in [0.05, 0.1) is 24.6 Å². The molecule has 0 fully saturated rings. The lowest BCUT2D eigenvalue weighted by atomic mass is 10.0. The van der Waals surface area contributed by atoms with Crippen molar-refractivity contribution in [2.45, 2.75) is 26.3 Å². The highest BCUT2D eigenvalue weighted by Crippen LogP contribution is 2.20. The zero-order valence-electron chi connectivity index (χ0n) is 15.1. The molecule has 0 aliphatic heterocycles. The smallest absolute Gasteiger partial charge is 0.0659 e. The van der Waals surface area contributed by atoms with Gasteiger partial charge >= 0.3 is 0 Å². The average molecular weight is 342 g/mol. The molecule has 0 aliphatic rings. The number of rotatable bonds is 5. The Bertz CT molecular complexity index is 978. The summed E-state index contributed by atoms with van der Waals surface area (Å²) in [6.07, 6.45) is 7.89. The average Bonchev–Trinajstić information content (AvgIpc) is 3.32. The van der Waals surface area contributed by atoms with Crippen molar-refractivity contribution in [3.05, 3.63) is 90.5 Å². The van der Waals surface area contributed by atoms with Crippen molar-refractivity contribution >= 4 is 0 Å². The quantitative estimate of drug-likeness (QED) is 0.517. The molecule has 0 radical (unpaired) electrons. The van der Waals surface area contributed by atoms with Crippen LogP contribution in [-0.2, 0) is 6.54 Å². The van der Waals surface area contributed by atoms with E-state index < -0.39 is 0 Å². The first-order chi connectivity index (χ1) is 12.7. The molecule has 26 heavy (non-hydrogen) atoms. The van der Waals surface area contributed by atoms with Gasteiger partial charge in [-0.1, -0.05) is 56.3 Å². The molecule has 0 bridgehead atoms. The summed E-state index contributed by atoms with van der Waals surface area (Å²) in [4.78, 5) is 0. The molecule has 0 N–H and O–H groups in total. The fraction of sp³-hybridized carbons (Fsp3) is 0.182. The van der Waals surface area contributed by atoms with Crippen molar-refractivity contribution < 1.29 is 0 Å². The third kappa shape index (κ3) is 3.45. The molecule has 4 aromatic rings. The Morgan fingerprint density at radius 1 is 0.808 bits per heavy atom. The molecule has 130 valence electrons. The van der Waals surface area contributed by atoms with Gasteiger partial charge in [0.1, 0.15) is 0 Å². The van der Waals surface area contributed by atoms with Crippen LogP contribution in [0.3, 0.4) is 0 Å². The van der Waals surface area contributed by atoms with Crippen LogP contribution >= 0.6 is 0 Å². The van der Waals surface area contributed by atoms with Crippen LogP contribution in [0.2, 0.25) is 0 Å². The van der Waals surface area contributed by atoms with Crippen LogP contribution < -0.4 is 0 Å². The minimum absolute atomic E-state index is 0.557. The van der Waals surface area contributed by atoms with Gasteiger partial charge in [0.15, 0.2) is 0 Å². The predicted molar refractivity (Wildman–Crippen MR) is 104 cm³/mol. The van der Waals surface area contributed by atoms with Crippen molar-refractivity contribution in [1.82, 2.24) is 19.6 Å². The second kappa shape index (κ2) is 7.00. The molecule has 0 saturated heterocycles. The fourth-order valence-corrected chi connectivity index (χ4v) is 2.99. The second-order valence-electron chi connectivity index (χ2n) is 6.83. The van der Waals surface area contributed by atoms with Crippen molar-refractivity contribution in [3.63, 3.8) is 0 Å². The lowest BCUT2D eigenvalue weighted by Crippen LogP contribution is -2.00. The van der Waals surface area contributed by atoms with E-state index in [1.165, 1.54) is 11.1 Å². The van der Waals surface area contributed by atoms with E-state index >= 15 is 0 Å². The second-order valence-corrected chi connectivity index (χ2v) is 6.83. The fourth-order valence-electron chi connectivity index (χ4n) is 2.99. The summed E-state index contributed by atoms with van der Waals surface area (Å²) in [6.45, 7) is 5.19. The molecule has 4 nitrogen and oxygen atoms in total. The van der Waals surface area contributed by atoms with Gasteiger partial charge in [-0.05, 0) is 29.2 Å². The van der Waals surface area contributed by atoms with Gasteiger partial charge in [-0.3, -0.25) is 4.68 Å². The van der Waals surface area contributed by atoms with E-state index in [-0.39, 0.29) is 0 Å². The number of para-hydroxylation sites is 1. The van der Waals surface area contributed by atoms with Crippen LogP contribution in [0.15, 0.2) is 79.4 Å². The monoisotopic (exact) mass is 342 g/mol. The van der Waals surface area contributed by atoms with E-state index in [4.69, 9.17) is 0 Å². The number of hydrogen-bond donors (Lipinski definition) is 0. The van der Waals surface area contributed by atoms with Crippen LogP contribution in [-0.4, -0.2) is 19.6 Å². The zero-order chi connectivity index (χ0) is 17.9. The Morgan fingerprint density at radius 3 is 2.23 bits per heavy atom. The molecule has 0 amide bonds. The number of hydrogen-bond acceptors (Lipinski definition) is 2. The summed E-state index contributed by atoms with van der Waals surface area (Å²) in [5.74, 6) is 0.557. The van der Waals surface area contributed by atoms with Gasteiger partial charge in [0.2, 0.25) is 0 Å². The molecule has 0 atom stereocenters. The van der Waals surface area contributed by atoms with E-state index in [0.717, 1.165) is 23.4 Å². The summed E-state index contributed by atoms with van der Waals surface area (Å²) >= 11 is 0. The first kappa shape index (κ1) is 16.3. The van der Waals surface area contributed by atoms with Gasteiger partial charge in [-0.25, -0.2) is 4.68 Å².